The fourth-order valence-corrected chi connectivity index (χ4v) is 3.52. The lowest BCUT2D eigenvalue weighted by Crippen LogP contribution is -2.05. The normalized spacial score (nSPS) is 13.2. The highest BCUT2D eigenvalue weighted by Crippen LogP contribution is 2.20. The molecule has 0 radical (unpaired) electrons. The van der Waals surface area contributed by atoms with Gasteiger partial charge in [-0.25, -0.2) is 4.21 Å². The largest absolute Gasteiger partial charge is 0.339 e. The van der Waals surface area contributed by atoms with Crippen molar-refractivity contribution in [3.05, 3.63) is 66.1 Å². The summed E-state index contributed by atoms with van der Waals surface area (Å²) in [6.45, 7) is 1.71. The maximum Gasteiger partial charge on any atom is 0.258 e. The number of benzene rings is 2. The minimum absolute atomic E-state index is 0.131. The Morgan fingerprint density at radius 2 is 1.80 bits per heavy atom. The van der Waals surface area contributed by atoms with Crippen molar-refractivity contribution in [1.82, 2.24) is 10.1 Å². The summed E-state index contributed by atoms with van der Waals surface area (Å²) < 4.78 is 21.7. The van der Waals surface area contributed by atoms with Crippen molar-refractivity contribution in [3.8, 4) is 11.4 Å². The van der Waals surface area contributed by atoms with Gasteiger partial charge in [-0.3, -0.25) is 4.79 Å². The molecule has 0 bridgehead atoms. The first-order valence-electron chi connectivity index (χ1n) is 7.64. The van der Waals surface area contributed by atoms with Crippen LogP contribution in [-0.4, -0.2) is 26.5 Å². The quantitative estimate of drug-likeness (QED) is 0.717. The molecule has 0 N–H and O–H groups in total. The molecule has 128 valence electrons. The highest BCUT2D eigenvalue weighted by atomic mass is 32.2. The van der Waals surface area contributed by atoms with Crippen LogP contribution < -0.4 is 0 Å². The highest BCUT2D eigenvalue weighted by molar-refractivity contribution is 7.93. The van der Waals surface area contributed by atoms with Crippen LogP contribution in [0.2, 0.25) is 0 Å². The number of aromatic nitrogens is 2. The van der Waals surface area contributed by atoms with E-state index in [1.807, 2.05) is 30.3 Å². The number of amides is 1. The van der Waals surface area contributed by atoms with Gasteiger partial charge in [-0.05, 0) is 29.8 Å². The lowest BCUT2D eigenvalue weighted by atomic mass is 10.1. The highest BCUT2D eigenvalue weighted by Gasteiger charge is 2.12. The van der Waals surface area contributed by atoms with Crippen molar-refractivity contribution in [3.63, 3.8) is 0 Å². The molecule has 7 heteroatoms. The van der Waals surface area contributed by atoms with E-state index in [0.717, 1.165) is 11.1 Å². The SMILES string of the molecule is Cc1nc(-c2ccc(S(C)(=O)=NC(=O)Cc3ccccc3)cc2)no1. The minimum atomic E-state index is -2.81. The van der Waals surface area contributed by atoms with Gasteiger partial charge in [0.05, 0.1) is 16.1 Å². The predicted octanol–water partition coefficient (Wildman–Crippen LogP) is 3.27. The van der Waals surface area contributed by atoms with Crippen LogP contribution in [0.3, 0.4) is 0 Å². The second-order valence-electron chi connectivity index (χ2n) is 5.61. The number of hydrogen-bond acceptors (Lipinski definition) is 5. The number of hydrogen-bond donors (Lipinski definition) is 0. The third-order valence-electron chi connectivity index (χ3n) is 3.55. The Morgan fingerprint density at radius 1 is 1.12 bits per heavy atom. The van der Waals surface area contributed by atoms with E-state index in [2.05, 4.69) is 14.5 Å². The van der Waals surface area contributed by atoms with Crippen molar-refractivity contribution in [2.75, 3.05) is 6.26 Å². The van der Waals surface area contributed by atoms with Crippen LogP contribution in [0.5, 0.6) is 0 Å². The standard InChI is InChI=1S/C18H17N3O3S/c1-13-19-18(20-24-13)15-8-10-16(11-9-15)25(2,23)21-17(22)12-14-6-4-3-5-7-14/h3-11H,12H2,1-2H3. The lowest BCUT2D eigenvalue weighted by Gasteiger charge is -2.05. The summed E-state index contributed by atoms with van der Waals surface area (Å²) in [4.78, 5) is 16.7. The van der Waals surface area contributed by atoms with Crippen LogP contribution in [0.1, 0.15) is 11.5 Å². The summed E-state index contributed by atoms with van der Waals surface area (Å²) in [5, 5.41) is 3.84. The Morgan fingerprint density at radius 3 is 2.40 bits per heavy atom. The molecule has 1 aromatic heterocycles. The summed E-state index contributed by atoms with van der Waals surface area (Å²) in [5.74, 6) is 0.528. The van der Waals surface area contributed by atoms with Crippen LogP contribution in [0.15, 0.2) is 68.4 Å². The van der Waals surface area contributed by atoms with E-state index in [1.54, 1.807) is 31.2 Å². The first-order chi connectivity index (χ1) is 11.9. The van der Waals surface area contributed by atoms with Gasteiger partial charge in [-0.1, -0.05) is 35.5 Å². The molecular formula is C18H17N3O3S. The van der Waals surface area contributed by atoms with Gasteiger partial charge in [-0.2, -0.15) is 9.35 Å². The summed E-state index contributed by atoms with van der Waals surface area (Å²) in [6.07, 6.45) is 1.59. The lowest BCUT2D eigenvalue weighted by molar-refractivity contribution is -0.117. The zero-order valence-electron chi connectivity index (χ0n) is 13.9. The average Bonchev–Trinajstić information content (AvgIpc) is 3.02. The van der Waals surface area contributed by atoms with Gasteiger partial charge >= 0.3 is 0 Å². The zero-order valence-corrected chi connectivity index (χ0v) is 14.7. The molecule has 1 heterocycles. The molecule has 25 heavy (non-hydrogen) atoms. The Hall–Kier alpha value is -2.80. The topological polar surface area (TPSA) is 85.4 Å². The molecule has 0 aliphatic carbocycles. The first kappa shape index (κ1) is 17.0. The van der Waals surface area contributed by atoms with Crippen LogP contribution in [0.4, 0.5) is 0 Å². The van der Waals surface area contributed by atoms with Gasteiger partial charge in [0.15, 0.2) is 0 Å². The van der Waals surface area contributed by atoms with E-state index in [1.165, 1.54) is 6.26 Å². The van der Waals surface area contributed by atoms with E-state index >= 15 is 0 Å². The molecule has 0 aliphatic heterocycles. The van der Waals surface area contributed by atoms with E-state index in [9.17, 15) is 9.00 Å². The molecule has 1 unspecified atom stereocenters. The van der Waals surface area contributed by atoms with Gasteiger partial charge in [-0.15, -0.1) is 0 Å². The molecule has 3 rings (SSSR count). The minimum Gasteiger partial charge on any atom is -0.339 e. The van der Waals surface area contributed by atoms with E-state index in [-0.39, 0.29) is 6.42 Å². The van der Waals surface area contributed by atoms with Crippen LogP contribution >= 0.6 is 0 Å². The Kier molecular flexibility index (Phi) is 4.76. The fourth-order valence-electron chi connectivity index (χ4n) is 2.32. The van der Waals surface area contributed by atoms with Crippen molar-refractivity contribution >= 4 is 15.6 Å². The Labute approximate surface area is 146 Å². The molecule has 3 aromatic rings. The van der Waals surface area contributed by atoms with Gasteiger partial charge in [0.25, 0.3) is 5.91 Å². The molecule has 1 atom stereocenters. The summed E-state index contributed by atoms with van der Waals surface area (Å²) >= 11 is 0. The second-order valence-corrected chi connectivity index (χ2v) is 7.87. The van der Waals surface area contributed by atoms with Crippen LogP contribution in [0.25, 0.3) is 11.4 Å². The monoisotopic (exact) mass is 355 g/mol. The van der Waals surface area contributed by atoms with E-state index < -0.39 is 15.6 Å². The summed E-state index contributed by atoms with van der Waals surface area (Å²) in [6, 6.07) is 16.1. The van der Waals surface area contributed by atoms with E-state index in [4.69, 9.17) is 4.52 Å². The van der Waals surface area contributed by atoms with Gasteiger partial charge in [0, 0.05) is 23.6 Å². The number of rotatable bonds is 4. The van der Waals surface area contributed by atoms with Gasteiger partial charge < -0.3 is 4.52 Å². The van der Waals surface area contributed by atoms with Crippen molar-refractivity contribution in [1.29, 1.82) is 0 Å². The van der Waals surface area contributed by atoms with Crippen molar-refractivity contribution in [2.24, 2.45) is 4.36 Å². The second kappa shape index (κ2) is 6.98. The van der Waals surface area contributed by atoms with Crippen LogP contribution in [0, 0.1) is 6.92 Å². The van der Waals surface area contributed by atoms with Gasteiger partial charge in [0.1, 0.15) is 0 Å². The Bertz CT molecular complexity index is 1000. The third kappa shape index (κ3) is 4.19. The zero-order chi connectivity index (χ0) is 17.9. The molecule has 0 aliphatic rings. The number of carbonyl (C=O) groups is 1. The smallest absolute Gasteiger partial charge is 0.258 e. The molecule has 0 fully saturated rings. The van der Waals surface area contributed by atoms with Crippen molar-refractivity contribution in [2.45, 2.75) is 18.2 Å². The molecule has 0 saturated carbocycles. The molecule has 2 aromatic carbocycles. The molecule has 0 spiro atoms. The number of nitrogens with zero attached hydrogens (tertiary/aromatic N) is 3. The molecule has 1 amide bonds. The molecule has 6 nitrogen and oxygen atoms in total. The predicted molar refractivity (Wildman–Crippen MR) is 94.4 cm³/mol. The Balaban J connectivity index is 1.81. The summed E-state index contributed by atoms with van der Waals surface area (Å²) in [7, 11) is -2.81. The summed E-state index contributed by atoms with van der Waals surface area (Å²) in [5.41, 5.74) is 1.58. The fraction of sp³-hybridized carbons (Fsp3) is 0.167. The van der Waals surface area contributed by atoms with E-state index in [0.29, 0.717) is 16.6 Å². The van der Waals surface area contributed by atoms with Crippen LogP contribution in [-0.2, 0) is 20.9 Å². The maximum absolute atomic E-state index is 12.8. The van der Waals surface area contributed by atoms with Gasteiger partial charge in [0.2, 0.25) is 11.7 Å². The first-order valence-corrected chi connectivity index (χ1v) is 9.56. The number of carbonyl (C=O) groups excluding carboxylic acids is 1. The molecular weight excluding hydrogens is 338 g/mol. The third-order valence-corrected chi connectivity index (χ3v) is 5.25. The van der Waals surface area contributed by atoms with Crippen molar-refractivity contribution < 1.29 is 13.5 Å². The average molecular weight is 355 g/mol. The molecule has 0 saturated heterocycles. The number of aryl methyl sites for hydroxylation is 1. The maximum atomic E-state index is 12.8.